The fraction of sp³-hybridized carbons (Fsp3) is 0.143. The minimum absolute atomic E-state index is 0. The van der Waals surface area contributed by atoms with Crippen LogP contribution in [0, 0.1) is 0 Å². The number of anilines is 1. The molecule has 0 atom stereocenters. The molecule has 0 aliphatic rings. The van der Waals surface area contributed by atoms with Crippen molar-refractivity contribution in [2.75, 3.05) is 5.73 Å². The Morgan fingerprint density at radius 2 is 1.79 bits per heavy atom. The Morgan fingerprint density at radius 3 is 2.21 bits per heavy atom. The molecule has 80 valence electrons. The Morgan fingerprint density at radius 1 is 1.21 bits per heavy atom. The summed E-state index contributed by atoms with van der Waals surface area (Å²) in [5.74, 6) is -0.334. The number of nitrogen functional groups attached to an aromatic ring is 1. The van der Waals surface area contributed by atoms with E-state index < -0.39 is 6.36 Å². The summed E-state index contributed by atoms with van der Waals surface area (Å²) in [5, 5.41) is 0. The van der Waals surface area contributed by atoms with Gasteiger partial charge in [-0.2, -0.15) is 0 Å². The summed E-state index contributed by atoms with van der Waals surface area (Å²) in [6.45, 7) is 0. The van der Waals surface area contributed by atoms with Crippen LogP contribution < -0.4 is 10.5 Å². The van der Waals surface area contributed by atoms with Crippen molar-refractivity contribution in [1.82, 2.24) is 0 Å². The van der Waals surface area contributed by atoms with Gasteiger partial charge in [-0.1, -0.05) is 15.9 Å². The number of hydrogen-bond donors (Lipinski definition) is 1. The molecule has 2 nitrogen and oxygen atoms in total. The summed E-state index contributed by atoms with van der Waals surface area (Å²) in [6, 6.07) is 3.76. The van der Waals surface area contributed by atoms with Crippen LogP contribution in [0.3, 0.4) is 0 Å². The molecule has 0 amide bonds. The van der Waals surface area contributed by atoms with Gasteiger partial charge >= 0.3 is 6.36 Å². The van der Waals surface area contributed by atoms with Crippen molar-refractivity contribution in [1.29, 1.82) is 0 Å². The lowest BCUT2D eigenvalue weighted by Crippen LogP contribution is -2.17. The highest BCUT2D eigenvalue weighted by Crippen LogP contribution is 2.27. The second kappa shape index (κ2) is 4.75. The molecule has 0 saturated heterocycles. The maximum Gasteiger partial charge on any atom is 0.573 e. The first-order valence-corrected chi connectivity index (χ1v) is 3.98. The van der Waals surface area contributed by atoms with E-state index in [1.165, 1.54) is 12.1 Å². The summed E-state index contributed by atoms with van der Waals surface area (Å²) < 4.78 is 39.3. The first-order chi connectivity index (χ1) is 5.87. The Kier molecular flexibility index (Phi) is 4.54. The van der Waals surface area contributed by atoms with Crippen molar-refractivity contribution in [2.45, 2.75) is 6.36 Å². The number of hydrogen-bond acceptors (Lipinski definition) is 2. The van der Waals surface area contributed by atoms with Gasteiger partial charge in [0, 0.05) is 16.2 Å². The van der Waals surface area contributed by atoms with Gasteiger partial charge in [-0.25, -0.2) is 0 Å². The van der Waals surface area contributed by atoms with Crippen molar-refractivity contribution in [3.05, 3.63) is 22.7 Å². The molecule has 0 aromatic heterocycles. The van der Waals surface area contributed by atoms with E-state index in [9.17, 15) is 13.2 Å². The first kappa shape index (κ1) is 13.4. The van der Waals surface area contributed by atoms with Crippen molar-refractivity contribution in [3.63, 3.8) is 0 Å². The molecule has 0 aliphatic carbocycles. The van der Waals surface area contributed by atoms with Crippen molar-refractivity contribution >= 4 is 34.0 Å². The Labute approximate surface area is 92.8 Å². The topological polar surface area (TPSA) is 35.2 Å². The minimum atomic E-state index is -4.69. The normalized spacial score (nSPS) is 10.6. The van der Waals surface area contributed by atoms with E-state index in [0.717, 1.165) is 6.07 Å². The van der Waals surface area contributed by atoms with Crippen molar-refractivity contribution in [3.8, 4) is 5.75 Å². The standard InChI is InChI=1S/C7H5BrF3NO.ClH/c8-4-1-5(12)3-6(2-4)13-7(9,10)11;/h1-3H,12H2;1H. The van der Waals surface area contributed by atoms with E-state index in [0.29, 0.717) is 4.47 Å². The average molecular weight is 292 g/mol. The molecule has 0 saturated carbocycles. The SMILES string of the molecule is Cl.Nc1cc(Br)cc(OC(F)(F)F)c1. The molecule has 1 aromatic carbocycles. The summed E-state index contributed by atoms with van der Waals surface area (Å²) in [4.78, 5) is 0. The molecule has 0 heterocycles. The van der Waals surface area contributed by atoms with Gasteiger partial charge in [0.05, 0.1) is 0 Å². The lowest BCUT2D eigenvalue weighted by molar-refractivity contribution is -0.274. The lowest BCUT2D eigenvalue weighted by atomic mass is 10.3. The van der Waals surface area contributed by atoms with Gasteiger partial charge in [-0.05, 0) is 12.1 Å². The van der Waals surface area contributed by atoms with Crippen LogP contribution in [0.15, 0.2) is 22.7 Å². The van der Waals surface area contributed by atoms with Gasteiger partial charge in [-0.3, -0.25) is 0 Å². The highest BCUT2D eigenvalue weighted by Gasteiger charge is 2.31. The van der Waals surface area contributed by atoms with Gasteiger partial charge < -0.3 is 10.5 Å². The third-order valence-corrected chi connectivity index (χ3v) is 1.59. The molecule has 0 spiro atoms. The van der Waals surface area contributed by atoms with Crippen LogP contribution in [-0.2, 0) is 0 Å². The molecule has 0 unspecified atom stereocenters. The average Bonchev–Trinajstić information content (AvgIpc) is 1.78. The van der Waals surface area contributed by atoms with E-state index in [1.807, 2.05) is 0 Å². The summed E-state index contributed by atoms with van der Waals surface area (Å²) in [5.41, 5.74) is 5.50. The van der Waals surface area contributed by atoms with E-state index in [1.54, 1.807) is 0 Å². The fourth-order valence-electron chi connectivity index (χ4n) is 0.777. The molecule has 0 fully saturated rings. The van der Waals surface area contributed by atoms with Gasteiger partial charge in [0.25, 0.3) is 0 Å². The highest BCUT2D eigenvalue weighted by atomic mass is 79.9. The maximum absolute atomic E-state index is 11.7. The smallest absolute Gasteiger partial charge is 0.406 e. The Balaban J connectivity index is 0.00000169. The highest BCUT2D eigenvalue weighted by molar-refractivity contribution is 9.10. The van der Waals surface area contributed by atoms with Crippen LogP contribution in [0.1, 0.15) is 0 Å². The number of nitrogens with two attached hydrogens (primary N) is 1. The number of ether oxygens (including phenoxy) is 1. The van der Waals surface area contributed by atoms with Crippen molar-refractivity contribution in [2.24, 2.45) is 0 Å². The third kappa shape index (κ3) is 4.57. The van der Waals surface area contributed by atoms with Gasteiger partial charge in [0.15, 0.2) is 0 Å². The van der Waals surface area contributed by atoms with Crippen LogP contribution >= 0.6 is 28.3 Å². The molecule has 2 N–H and O–H groups in total. The van der Waals surface area contributed by atoms with Crippen LogP contribution in [0.2, 0.25) is 0 Å². The summed E-state index contributed by atoms with van der Waals surface area (Å²) in [7, 11) is 0. The zero-order chi connectivity index (χ0) is 10.1. The van der Waals surface area contributed by atoms with Crippen LogP contribution in [-0.4, -0.2) is 6.36 Å². The molecule has 0 radical (unpaired) electrons. The molecule has 14 heavy (non-hydrogen) atoms. The van der Waals surface area contributed by atoms with E-state index in [4.69, 9.17) is 5.73 Å². The number of rotatable bonds is 1. The zero-order valence-corrected chi connectivity index (χ0v) is 9.04. The Bertz CT molecular complexity index is 298. The molecule has 0 bridgehead atoms. The van der Waals surface area contributed by atoms with Gasteiger partial charge in [0.2, 0.25) is 0 Å². The summed E-state index contributed by atoms with van der Waals surface area (Å²) >= 11 is 2.99. The largest absolute Gasteiger partial charge is 0.573 e. The van der Waals surface area contributed by atoms with E-state index >= 15 is 0 Å². The quantitative estimate of drug-likeness (QED) is 0.806. The maximum atomic E-state index is 11.7. The van der Waals surface area contributed by atoms with Gasteiger partial charge in [-0.15, -0.1) is 25.6 Å². The third-order valence-electron chi connectivity index (χ3n) is 1.13. The van der Waals surface area contributed by atoms with Crippen molar-refractivity contribution < 1.29 is 17.9 Å². The second-order valence-electron chi connectivity index (χ2n) is 2.27. The fourth-order valence-corrected chi connectivity index (χ4v) is 1.27. The van der Waals surface area contributed by atoms with E-state index in [-0.39, 0.29) is 23.8 Å². The molecular weight excluding hydrogens is 286 g/mol. The predicted molar refractivity (Wildman–Crippen MR) is 52.5 cm³/mol. The Hall–Kier alpha value is -0.620. The summed E-state index contributed by atoms with van der Waals surface area (Å²) in [6.07, 6.45) is -4.69. The van der Waals surface area contributed by atoms with Crippen LogP contribution in [0.5, 0.6) is 5.75 Å². The second-order valence-corrected chi connectivity index (χ2v) is 3.18. The first-order valence-electron chi connectivity index (χ1n) is 3.18. The van der Waals surface area contributed by atoms with E-state index in [2.05, 4.69) is 20.7 Å². The number of halogens is 5. The molecule has 1 aromatic rings. The monoisotopic (exact) mass is 291 g/mol. The predicted octanol–water partition coefficient (Wildman–Crippen LogP) is 3.35. The lowest BCUT2D eigenvalue weighted by Gasteiger charge is -2.09. The molecule has 0 aliphatic heterocycles. The molecule has 1 rings (SSSR count). The van der Waals surface area contributed by atoms with Gasteiger partial charge in [0.1, 0.15) is 5.75 Å². The number of alkyl halides is 3. The minimum Gasteiger partial charge on any atom is -0.406 e. The molecule has 7 heteroatoms. The molecular formula is C7H6BrClF3NO. The van der Waals surface area contributed by atoms with Crippen LogP contribution in [0.25, 0.3) is 0 Å². The van der Waals surface area contributed by atoms with Crippen LogP contribution in [0.4, 0.5) is 18.9 Å². The zero-order valence-electron chi connectivity index (χ0n) is 6.64. The number of benzene rings is 1.